The van der Waals surface area contributed by atoms with Gasteiger partial charge in [0.15, 0.2) is 0 Å². The van der Waals surface area contributed by atoms with E-state index in [1.165, 1.54) is 0 Å². The number of rotatable bonds is 4. The van der Waals surface area contributed by atoms with Crippen LogP contribution in [-0.4, -0.2) is 0 Å². The van der Waals surface area contributed by atoms with E-state index in [2.05, 4.69) is 44.9 Å². The van der Waals surface area contributed by atoms with E-state index < -0.39 is 0 Å². The van der Waals surface area contributed by atoms with Crippen LogP contribution in [0.25, 0.3) is 0 Å². The fourth-order valence-electron chi connectivity index (χ4n) is 0.670. The van der Waals surface area contributed by atoms with Gasteiger partial charge >= 0.3 is 0 Å². The van der Waals surface area contributed by atoms with Crippen LogP contribution in [0, 0.1) is 11.8 Å². The second kappa shape index (κ2) is 4.67. The summed E-state index contributed by atoms with van der Waals surface area (Å²) >= 11 is 3.91. The Morgan fingerprint density at radius 1 is 1.50 bits per heavy atom. The second-order valence-electron chi connectivity index (χ2n) is 3.14. The highest BCUT2D eigenvalue weighted by atomic mass is 32.1. The first-order valence-corrected chi connectivity index (χ1v) is 4.10. The van der Waals surface area contributed by atoms with Crippen LogP contribution in [0.2, 0.25) is 0 Å². The molecule has 0 aromatic carbocycles. The van der Waals surface area contributed by atoms with E-state index >= 15 is 0 Å². The Morgan fingerprint density at radius 3 is 2.30 bits per heavy atom. The highest BCUT2D eigenvalue weighted by Gasteiger charge is 2.07. The summed E-state index contributed by atoms with van der Waals surface area (Å²) in [4.78, 5) is 0. The lowest BCUT2D eigenvalue weighted by Gasteiger charge is -2.15. The Morgan fingerprint density at radius 2 is 2.00 bits per heavy atom. The molecule has 1 nitrogen and oxygen atoms in total. The monoisotopic (exact) mass is 159 g/mol. The molecule has 0 rings (SSSR count). The van der Waals surface area contributed by atoms with Gasteiger partial charge in [0.1, 0.15) is 0 Å². The first-order valence-electron chi connectivity index (χ1n) is 3.65. The van der Waals surface area contributed by atoms with Gasteiger partial charge in [-0.05, 0) is 18.3 Å². The van der Waals surface area contributed by atoms with E-state index in [0.717, 1.165) is 18.0 Å². The smallest absolute Gasteiger partial charge is 0.0139 e. The van der Waals surface area contributed by atoms with Gasteiger partial charge in [-0.25, -0.2) is 0 Å². The van der Waals surface area contributed by atoms with Gasteiger partial charge in [-0.3, -0.25) is 0 Å². The lowest BCUT2D eigenvalue weighted by molar-refractivity contribution is 0.413. The van der Waals surface area contributed by atoms with Gasteiger partial charge < -0.3 is 4.72 Å². The first kappa shape index (κ1) is 9.89. The van der Waals surface area contributed by atoms with Crippen molar-refractivity contribution in [2.45, 2.75) is 27.2 Å². The number of thiol groups is 1. The molecule has 2 heteroatoms. The van der Waals surface area contributed by atoms with Crippen molar-refractivity contribution in [2.24, 2.45) is 11.8 Å². The van der Waals surface area contributed by atoms with Crippen LogP contribution >= 0.6 is 12.8 Å². The molecule has 1 N–H and O–H groups in total. The standard InChI is InChI=1S/C8H17NS/c1-6(2)7(3)5-8(4)9-10/h6-7,9-10H,4-5H2,1-3H3. The van der Waals surface area contributed by atoms with Crippen molar-refractivity contribution in [1.29, 1.82) is 0 Å². The lowest BCUT2D eigenvalue weighted by atomic mass is 9.94. The second-order valence-corrected chi connectivity index (χ2v) is 3.36. The van der Waals surface area contributed by atoms with Crippen LogP contribution in [0.15, 0.2) is 12.3 Å². The molecule has 0 fully saturated rings. The molecule has 0 saturated carbocycles. The molecule has 0 radical (unpaired) electrons. The summed E-state index contributed by atoms with van der Waals surface area (Å²) in [7, 11) is 0. The Hall–Kier alpha value is -0.110. The molecule has 1 unspecified atom stereocenters. The third kappa shape index (κ3) is 3.83. The summed E-state index contributed by atoms with van der Waals surface area (Å²) in [6.07, 6.45) is 1.02. The Bertz CT molecular complexity index is 110. The zero-order chi connectivity index (χ0) is 8.15. The summed E-state index contributed by atoms with van der Waals surface area (Å²) in [5, 5.41) is 0. The van der Waals surface area contributed by atoms with Crippen LogP contribution < -0.4 is 4.72 Å². The lowest BCUT2D eigenvalue weighted by Crippen LogP contribution is -2.08. The minimum absolute atomic E-state index is 0.687. The average Bonchev–Trinajstić information content (AvgIpc) is 1.87. The van der Waals surface area contributed by atoms with Crippen molar-refractivity contribution in [3.63, 3.8) is 0 Å². The average molecular weight is 159 g/mol. The summed E-state index contributed by atoms with van der Waals surface area (Å²) in [6, 6.07) is 0. The molecule has 0 aliphatic heterocycles. The van der Waals surface area contributed by atoms with Crippen molar-refractivity contribution in [3.8, 4) is 0 Å². The van der Waals surface area contributed by atoms with Crippen molar-refractivity contribution in [2.75, 3.05) is 0 Å². The molecule has 1 atom stereocenters. The van der Waals surface area contributed by atoms with E-state index in [1.54, 1.807) is 0 Å². The fraction of sp³-hybridized carbons (Fsp3) is 0.750. The van der Waals surface area contributed by atoms with Gasteiger partial charge in [-0.15, -0.1) is 0 Å². The zero-order valence-corrected chi connectivity index (χ0v) is 7.91. The predicted molar refractivity (Wildman–Crippen MR) is 49.9 cm³/mol. The minimum Gasteiger partial charge on any atom is -0.337 e. The molecule has 0 amide bonds. The SMILES string of the molecule is C=C(CC(C)C(C)C)NS. The maximum absolute atomic E-state index is 3.91. The van der Waals surface area contributed by atoms with Crippen LogP contribution in [0.1, 0.15) is 27.2 Å². The van der Waals surface area contributed by atoms with Crippen molar-refractivity contribution >= 4 is 12.8 Å². The van der Waals surface area contributed by atoms with Gasteiger partial charge in [0, 0.05) is 5.70 Å². The van der Waals surface area contributed by atoms with E-state index in [9.17, 15) is 0 Å². The van der Waals surface area contributed by atoms with Gasteiger partial charge in [0.05, 0.1) is 0 Å². The van der Waals surface area contributed by atoms with E-state index in [4.69, 9.17) is 0 Å². The molecular weight excluding hydrogens is 142 g/mol. The molecule has 0 spiro atoms. The predicted octanol–water partition coefficient (Wildman–Crippen LogP) is 2.62. The Labute approximate surface area is 69.4 Å². The quantitative estimate of drug-likeness (QED) is 0.601. The molecule has 60 valence electrons. The molecule has 10 heavy (non-hydrogen) atoms. The third-order valence-electron chi connectivity index (χ3n) is 1.86. The molecule has 0 bridgehead atoms. The topological polar surface area (TPSA) is 12.0 Å². The number of allylic oxidation sites excluding steroid dienone is 1. The van der Waals surface area contributed by atoms with E-state index in [0.29, 0.717) is 5.92 Å². The molecule has 0 saturated heterocycles. The summed E-state index contributed by atoms with van der Waals surface area (Å²) in [6.45, 7) is 10.5. The first-order chi connectivity index (χ1) is 4.57. The van der Waals surface area contributed by atoms with Crippen molar-refractivity contribution < 1.29 is 0 Å². The van der Waals surface area contributed by atoms with Gasteiger partial charge in [-0.1, -0.05) is 40.2 Å². The van der Waals surface area contributed by atoms with Gasteiger partial charge in [0.25, 0.3) is 0 Å². The molecular formula is C8H17NS. The fourth-order valence-corrected chi connectivity index (χ4v) is 0.761. The number of hydrogen-bond donors (Lipinski definition) is 2. The normalized spacial score (nSPS) is 13.3. The molecule has 0 aromatic rings. The van der Waals surface area contributed by atoms with Crippen molar-refractivity contribution in [3.05, 3.63) is 12.3 Å². The van der Waals surface area contributed by atoms with Crippen LogP contribution in [0.4, 0.5) is 0 Å². The van der Waals surface area contributed by atoms with Crippen molar-refractivity contribution in [1.82, 2.24) is 4.72 Å². The molecule has 0 aromatic heterocycles. The van der Waals surface area contributed by atoms with Crippen LogP contribution in [0.5, 0.6) is 0 Å². The van der Waals surface area contributed by atoms with E-state index in [1.807, 2.05) is 0 Å². The molecule has 0 aliphatic carbocycles. The van der Waals surface area contributed by atoms with Gasteiger partial charge in [0.2, 0.25) is 0 Å². The Kier molecular flexibility index (Phi) is 4.62. The molecule has 0 aliphatic rings. The largest absolute Gasteiger partial charge is 0.337 e. The number of nitrogens with one attached hydrogen (secondary N) is 1. The summed E-state index contributed by atoms with van der Waals surface area (Å²) < 4.78 is 2.75. The minimum atomic E-state index is 0.687. The summed E-state index contributed by atoms with van der Waals surface area (Å²) in [5.74, 6) is 1.41. The zero-order valence-electron chi connectivity index (χ0n) is 7.02. The molecule has 0 heterocycles. The maximum Gasteiger partial charge on any atom is 0.0139 e. The van der Waals surface area contributed by atoms with Gasteiger partial charge in [-0.2, -0.15) is 0 Å². The van der Waals surface area contributed by atoms with Crippen LogP contribution in [0.3, 0.4) is 0 Å². The maximum atomic E-state index is 3.91. The Balaban J connectivity index is 3.57. The summed E-state index contributed by atoms with van der Waals surface area (Å²) in [5.41, 5.74) is 1.00. The van der Waals surface area contributed by atoms with Crippen LogP contribution in [-0.2, 0) is 0 Å². The third-order valence-corrected chi connectivity index (χ3v) is 2.18. The highest BCUT2D eigenvalue weighted by molar-refractivity contribution is 7.78. The highest BCUT2D eigenvalue weighted by Crippen LogP contribution is 2.16. The van der Waals surface area contributed by atoms with E-state index in [-0.39, 0.29) is 0 Å². The number of hydrogen-bond acceptors (Lipinski definition) is 2.